The molecule has 0 spiro atoms. The van der Waals surface area contributed by atoms with Crippen molar-refractivity contribution in [3.8, 4) is 11.5 Å². The van der Waals surface area contributed by atoms with E-state index in [0.717, 1.165) is 42.5 Å². The highest BCUT2D eigenvalue weighted by Crippen LogP contribution is 2.38. The molecule has 1 aliphatic heterocycles. The van der Waals surface area contributed by atoms with Crippen LogP contribution in [0.4, 0.5) is 10.5 Å². The number of anilines is 1. The summed E-state index contributed by atoms with van der Waals surface area (Å²) in [5, 5.41) is 3.37. The van der Waals surface area contributed by atoms with E-state index in [-0.39, 0.29) is 18.1 Å². The summed E-state index contributed by atoms with van der Waals surface area (Å²) in [6, 6.07) is 12.7. The Morgan fingerprint density at radius 1 is 1.05 bits per heavy atom. The molecule has 1 heterocycles. The molecule has 1 fully saturated rings. The third-order valence-corrected chi connectivity index (χ3v) is 8.43. The second-order valence-corrected chi connectivity index (χ2v) is 12.4. The molecule has 3 amide bonds. The van der Waals surface area contributed by atoms with E-state index in [2.05, 4.69) is 27.9 Å². The minimum atomic E-state index is -0.529. The summed E-state index contributed by atoms with van der Waals surface area (Å²) in [4.78, 5) is 39.8. The van der Waals surface area contributed by atoms with E-state index in [0.29, 0.717) is 39.4 Å². The Labute approximate surface area is 266 Å². The lowest BCUT2D eigenvalue weighted by atomic mass is 10.1. The van der Waals surface area contributed by atoms with Gasteiger partial charge in [0.2, 0.25) is 5.91 Å². The first-order valence-electron chi connectivity index (χ1n) is 12.6. The van der Waals surface area contributed by atoms with Gasteiger partial charge in [0.1, 0.15) is 13.2 Å². The fourth-order valence-electron chi connectivity index (χ4n) is 4.35. The molecule has 0 aliphatic carbocycles. The minimum Gasteiger partial charge on any atom is -0.490 e. The monoisotopic (exact) mass is 724 g/mol. The molecule has 1 aliphatic rings. The van der Waals surface area contributed by atoms with E-state index >= 15 is 0 Å². The number of hydrogen-bond acceptors (Lipinski definition) is 6. The van der Waals surface area contributed by atoms with Crippen LogP contribution in [0.5, 0.6) is 11.5 Å². The Morgan fingerprint density at radius 3 is 2.41 bits per heavy atom. The normalized spacial score (nSPS) is 14.1. The standard InChI is InChI=1S/C30H27Cl2IN2O5S/c1-5-39-24-11-19(10-23(33)28(24)40-15-20-6-7-21(31)13-22(20)32)12-25-29(37)35(30(38)41-25)14-26(36)34-27-17(3)8-16(2)9-18(27)4/h6-13H,5,14-15H2,1-4H3,(H,34,36)/b25-12+. The average molecular weight is 725 g/mol. The summed E-state index contributed by atoms with van der Waals surface area (Å²) >= 11 is 15.2. The van der Waals surface area contributed by atoms with Crippen molar-refractivity contribution in [1.82, 2.24) is 4.90 Å². The molecule has 214 valence electrons. The molecular formula is C30H27Cl2IN2O5S. The molecule has 0 saturated carbocycles. The van der Waals surface area contributed by atoms with Gasteiger partial charge in [-0.2, -0.15) is 0 Å². The number of carbonyl (C=O) groups excluding carboxylic acids is 3. The summed E-state index contributed by atoms with van der Waals surface area (Å²) in [6.07, 6.45) is 1.61. The van der Waals surface area contributed by atoms with Gasteiger partial charge in [0.25, 0.3) is 11.1 Å². The van der Waals surface area contributed by atoms with E-state index in [1.807, 2.05) is 45.9 Å². The average Bonchev–Trinajstić information content (AvgIpc) is 3.14. The van der Waals surface area contributed by atoms with Gasteiger partial charge in [0.15, 0.2) is 11.5 Å². The van der Waals surface area contributed by atoms with Crippen LogP contribution >= 0.6 is 57.6 Å². The van der Waals surface area contributed by atoms with Crippen LogP contribution in [0.3, 0.4) is 0 Å². The van der Waals surface area contributed by atoms with Crippen LogP contribution in [0.1, 0.15) is 34.7 Å². The Kier molecular flexibility index (Phi) is 10.3. The number of ether oxygens (including phenoxy) is 2. The van der Waals surface area contributed by atoms with Crippen molar-refractivity contribution >= 4 is 86.4 Å². The van der Waals surface area contributed by atoms with E-state index in [1.54, 1.807) is 30.3 Å². The zero-order chi connectivity index (χ0) is 29.8. The Balaban J connectivity index is 1.50. The number of amides is 3. The van der Waals surface area contributed by atoms with Crippen LogP contribution in [0.25, 0.3) is 6.08 Å². The predicted molar refractivity (Wildman–Crippen MR) is 173 cm³/mol. The van der Waals surface area contributed by atoms with Crippen molar-refractivity contribution in [2.24, 2.45) is 0 Å². The molecule has 3 aromatic rings. The number of halogens is 3. The van der Waals surface area contributed by atoms with Crippen LogP contribution in [-0.4, -0.2) is 35.1 Å². The molecule has 11 heteroatoms. The molecule has 0 bridgehead atoms. The number of aryl methyl sites for hydroxylation is 3. The molecule has 41 heavy (non-hydrogen) atoms. The zero-order valence-corrected chi connectivity index (χ0v) is 27.3. The zero-order valence-electron chi connectivity index (χ0n) is 22.8. The van der Waals surface area contributed by atoms with Gasteiger partial charge in [-0.05, 0) is 109 Å². The minimum absolute atomic E-state index is 0.202. The fraction of sp³-hybridized carbons (Fsp3) is 0.233. The molecule has 7 nitrogen and oxygen atoms in total. The largest absolute Gasteiger partial charge is 0.490 e. The summed E-state index contributed by atoms with van der Waals surface area (Å²) in [5.74, 6) is 0.0394. The highest BCUT2D eigenvalue weighted by molar-refractivity contribution is 14.1. The van der Waals surface area contributed by atoms with Crippen molar-refractivity contribution in [3.05, 3.63) is 88.8 Å². The van der Waals surface area contributed by atoms with E-state index in [4.69, 9.17) is 32.7 Å². The smallest absolute Gasteiger partial charge is 0.294 e. The first-order valence-corrected chi connectivity index (χ1v) is 15.3. The van der Waals surface area contributed by atoms with Crippen LogP contribution in [0, 0.1) is 24.3 Å². The summed E-state index contributed by atoms with van der Waals surface area (Å²) < 4.78 is 12.6. The van der Waals surface area contributed by atoms with E-state index in [9.17, 15) is 14.4 Å². The lowest BCUT2D eigenvalue weighted by molar-refractivity contribution is -0.127. The molecule has 0 radical (unpaired) electrons. The second-order valence-electron chi connectivity index (χ2n) is 9.38. The van der Waals surface area contributed by atoms with Crippen LogP contribution in [-0.2, 0) is 16.2 Å². The number of benzene rings is 3. The Morgan fingerprint density at radius 2 is 1.76 bits per heavy atom. The number of carbonyl (C=O) groups is 3. The highest BCUT2D eigenvalue weighted by atomic mass is 127. The van der Waals surface area contributed by atoms with Crippen molar-refractivity contribution in [2.75, 3.05) is 18.5 Å². The molecular weight excluding hydrogens is 698 g/mol. The van der Waals surface area contributed by atoms with Crippen LogP contribution in [0.15, 0.2) is 47.4 Å². The number of thioether (sulfide) groups is 1. The molecule has 3 aromatic carbocycles. The quantitative estimate of drug-likeness (QED) is 0.177. The molecule has 0 unspecified atom stereocenters. The van der Waals surface area contributed by atoms with Crippen LogP contribution in [0.2, 0.25) is 10.0 Å². The maximum atomic E-state index is 13.1. The second kappa shape index (κ2) is 13.5. The number of rotatable bonds is 9. The number of nitrogens with one attached hydrogen (secondary N) is 1. The van der Waals surface area contributed by atoms with Gasteiger partial charge in [0.05, 0.1) is 15.1 Å². The maximum Gasteiger partial charge on any atom is 0.294 e. The third-order valence-electron chi connectivity index (χ3n) is 6.13. The van der Waals surface area contributed by atoms with Crippen molar-refractivity contribution in [3.63, 3.8) is 0 Å². The first kappa shape index (κ1) is 31.2. The molecule has 1 saturated heterocycles. The number of nitrogens with zero attached hydrogens (tertiary/aromatic N) is 1. The van der Waals surface area contributed by atoms with Crippen LogP contribution < -0.4 is 14.8 Å². The van der Waals surface area contributed by atoms with Crippen molar-refractivity contribution in [1.29, 1.82) is 0 Å². The Bertz CT molecular complexity index is 1550. The molecule has 1 N–H and O–H groups in total. The van der Waals surface area contributed by atoms with Gasteiger partial charge >= 0.3 is 0 Å². The van der Waals surface area contributed by atoms with Gasteiger partial charge in [-0.3, -0.25) is 19.3 Å². The third kappa shape index (κ3) is 7.57. The lowest BCUT2D eigenvalue weighted by Gasteiger charge is -2.16. The van der Waals surface area contributed by atoms with Gasteiger partial charge in [-0.15, -0.1) is 0 Å². The first-order chi connectivity index (χ1) is 19.5. The maximum absolute atomic E-state index is 13.1. The van der Waals surface area contributed by atoms with Crippen molar-refractivity contribution < 1.29 is 23.9 Å². The van der Waals surface area contributed by atoms with Gasteiger partial charge in [-0.25, -0.2) is 0 Å². The topological polar surface area (TPSA) is 84.9 Å². The molecule has 0 aromatic heterocycles. The van der Waals surface area contributed by atoms with Gasteiger partial charge in [0, 0.05) is 21.3 Å². The van der Waals surface area contributed by atoms with E-state index < -0.39 is 17.1 Å². The summed E-state index contributed by atoms with van der Waals surface area (Å²) in [7, 11) is 0. The Hall–Kier alpha value is -2.73. The van der Waals surface area contributed by atoms with Crippen molar-refractivity contribution in [2.45, 2.75) is 34.3 Å². The van der Waals surface area contributed by atoms with Gasteiger partial charge < -0.3 is 14.8 Å². The summed E-state index contributed by atoms with van der Waals surface area (Å²) in [6.45, 7) is 7.86. The molecule has 4 rings (SSSR count). The lowest BCUT2D eigenvalue weighted by Crippen LogP contribution is -2.36. The molecule has 0 atom stereocenters. The number of imide groups is 1. The van der Waals surface area contributed by atoms with E-state index in [1.165, 1.54) is 0 Å². The van der Waals surface area contributed by atoms with Gasteiger partial charge in [-0.1, -0.05) is 47.0 Å². The SMILES string of the molecule is CCOc1cc(/C=C2/SC(=O)N(CC(=O)Nc3c(C)cc(C)cc3C)C2=O)cc(I)c1OCc1ccc(Cl)cc1Cl. The summed E-state index contributed by atoms with van der Waals surface area (Å²) in [5.41, 5.74) is 5.00. The highest BCUT2D eigenvalue weighted by Gasteiger charge is 2.36. The fourth-order valence-corrected chi connectivity index (χ4v) is 6.43. The predicted octanol–water partition coefficient (Wildman–Crippen LogP) is 8.18. The number of hydrogen-bond donors (Lipinski definition) is 1.